The number of nitrogens with one attached hydrogen (secondary N) is 2. The van der Waals surface area contributed by atoms with E-state index in [4.69, 9.17) is 4.74 Å². The van der Waals surface area contributed by atoms with Gasteiger partial charge in [-0.05, 0) is 54.1 Å². The molecule has 0 aliphatic rings. The highest BCUT2D eigenvalue weighted by atomic mass is 32.2. The minimum absolute atomic E-state index is 0.130. The van der Waals surface area contributed by atoms with Gasteiger partial charge in [0.15, 0.2) is 5.13 Å². The number of ether oxygens (including phenoxy) is 1. The van der Waals surface area contributed by atoms with E-state index in [-0.39, 0.29) is 17.6 Å². The van der Waals surface area contributed by atoms with Crippen molar-refractivity contribution in [2.75, 3.05) is 23.5 Å². The van der Waals surface area contributed by atoms with Crippen molar-refractivity contribution < 1.29 is 14.3 Å². The smallest absolute Gasteiger partial charge is 0.248 e. The average molecular weight is 476 g/mol. The molecule has 8 heteroatoms. The van der Waals surface area contributed by atoms with Gasteiger partial charge in [-0.3, -0.25) is 9.59 Å². The van der Waals surface area contributed by atoms with Crippen molar-refractivity contribution in [3.05, 3.63) is 84.4 Å². The van der Waals surface area contributed by atoms with Crippen LogP contribution in [0.5, 0.6) is 5.75 Å². The third-order valence-electron chi connectivity index (χ3n) is 4.56. The highest BCUT2D eigenvalue weighted by Crippen LogP contribution is 2.29. The van der Waals surface area contributed by atoms with E-state index in [2.05, 4.69) is 15.6 Å². The number of methoxy groups -OCH3 is 1. The molecule has 1 heterocycles. The molecule has 2 N–H and O–H groups in total. The molecule has 0 aliphatic carbocycles. The number of rotatable bonds is 8. The lowest BCUT2D eigenvalue weighted by Gasteiger charge is -2.05. The molecule has 4 aromatic rings. The largest absolute Gasteiger partial charge is 0.497 e. The van der Waals surface area contributed by atoms with Gasteiger partial charge in [0.05, 0.1) is 23.1 Å². The number of amides is 2. The third kappa shape index (κ3) is 6.44. The zero-order valence-electron chi connectivity index (χ0n) is 17.8. The summed E-state index contributed by atoms with van der Waals surface area (Å²) in [6.45, 7) is 0. The number of thiazole rings is 1. The van der Waals surface area contributed by atoms with E-state index in [0.29, 0.717) is 10.8 Å². The van der Waals surface area contributed by atoms with Gasteiger partial charge in [0.1, 0.15) is 5.75 Å². The summed E-state index contributed by atoms with van der Waals surface area (Å²) in [5.41, 5.74) is 2.47. The number of anilines is 2. The molecular weight excluding hydrogens is 454 g/mol. The Bertz CT molecular complexity index is 1290. The predicted octanol–water partition coefficient (Wildman–Crippen LogP) is 5.69. The van der Waals surface area contributed by atoms with Gasteiger partial charge in [-0.1, -0.05) is 41.7 Å². The van der Waals surface area contributed by atoms with Crippen LogP contribution in [0.1, 0.15) is 5.56 Å². The summed E-state index contributed by atoms with van der Waals surface area (Å²) in [5, 5.41) is 6.23. The summed E-state index contributed by atoms with van der Waals surface area (Å²) in [6, 6.07) is 22.6. The fourth-order valence-electron chi connectivity index (χ4n) is 2.94. The number of carbonyl (C=O) groups is 2. The SMILES string of the molecule is COc1ccc2nc(NC(=O)CSc3ccc(NC(=O)/C=C/c4ccccc4)cc3)sc2c1. The Hall–Kier alpha value is -3.62. The number of aromatic nitrogens is 1. The van der Waals surface area contributed by atoms with E-state index in [1.807, 2.05) is 72.8 Å². The molecule has 33 heavy (non-hydrogen) atoms. The zero-order valence-corrected chi connectivity index (χ0v) is 19.4. The molecule has 0 radical (unpaired) electrons. The normalized spacial score (nSPS) is 10.9. The monoisotopic (exact) mass is 475 g/mol. The van der Waals surface area contributed by atoms with Gasteiger partial charge >= 0.3 is 0 Å². The lowest BCUT2D eigenvalue weighted by atomic mass is 10.2. The van der Waals surface area contributed by atoms with Gasteiger partial charge in [0.25, 0.3) is 0 Å². The van der Waals surface area contributed by atoms with Gasteiger partial charge in [-0.2, -0.15) is 0 Å². The Labute approximate surface area is 199 Å². The van der Waals surface area contributed by atoms with Crippen LogP contribution in [0.2, 0.25) is 0 Å². The molecule has 0 atom stereocenters. The highest BCUT2D eigenvalue weighted by molar-refractivity contribution is 8.00. The van der Waals surface area contributed by atoms with E-state index < -0.39 is 0 Å². The summed E-state index contributed by atoms with van der Waals surface area (Å²) in [5.74, 6) is 0.679. The van der Waals surface area contributed by atoms with E-state index in [1.165, 1.54) is 29.2 Å². The molecule has 0 aliphatic heterocycles. The highest BCUT2D eigenvalue weighted by Gasteiger charge is 2.09. The Kier molecular flexibility index (Phi) is 7.39. The zero-order chi connectivity index (χ0) is 23.0. The van der Waals surface area contributed by atoms with Crippen molar-refractivity contribution in [1.82, 2.24) is 4.98 Å². The lowest BCUT2D eigenvalue weighted by molar-refractivity contribution is -0.114. The number of carbonyl (C=O) groups excluding carboxylic acids is 2. The van der Waals surface area contributed by atoms with E-state index in [1.54, 1.807) is 13.2 Å². The first kappa shape index (κ1) is 22.6. The van der Waals surface area contributed by atoms with Crippen molar-refractivity contribution >= 4 is 62.0 Å². The van der Waals surface area contributed by atoms with Crippen LogP contribution >= 0.6 is 23.1 Å². The molecule has 3 aromatic carbocycles. The van der Waals surface area contributed by atoms with E-state index in [0.717, 1.165) is 26.4 Å². The van der Waals surface area contributed by atoms with Crippen molar-refractivity contribution in [3.8, 4) is 5.75 Å². The Morgan fingerprint density at radius 3 is 2.58 bits per heavy atom. The standard InChI is InChI=1S/C25H21N3O3S2/c1-31-19-10-13-21-22(15-19)33-25(27-21)28-24(30)16-32-20-11-8-18(9-12-20)26-23(29)14-7-17-5-3-2-4-6-17/h2-15H,16H2,1H3,(H,26,29)(H,27,28,30)/b14-7+. The van der Waals surface area contributed by atoms with Gasteiger partial charge < -0.3 is 15.4 Å². The minimum atomic E-state index is -0.202. The summed E-state index contributed by atoms with van der Waals surface area (Å²) >= 11 is 2.82. The second-order valence-corrected chi connectivity index (χ2v) is 9.03. The van der Waals surface area contributed by atoms with Crippen LogP contribution in [0.25, 0.3) is 16.3 Å². The fraction of sp³-hybridized carbons (Fsp3) is 0.0800. The number of fused-ring (bicyclic) bond motifs is 1. The summed E-state index contributed by atoms with van der Waals surface area (Å²) in [4.78, 5) is 29.8. The molecule has 0 saturated heterocycles. The first-order valence-electron chi connectivity index (χ1n) is 10.1. The molecule has 1 aromatic heterocycles. The van der Waals surface area contributed by atoms with Gasteiger partial charge in [0.2, 0.25) is 11.8 Å². The van der Waals surface area contributed by atoms with Gasteiger partial charge in [-0.25, -0.2) is 4.98 Å². The van der Waals surface area contributed by atoms with Crippen LogP contribution in [0.3, 0.4) is 0 Å². The third-order valence-corrected chi connectivity index (χ3v) is 6.51. The Balaban J connectivity index is 1.26. The number of benzene rings is 3. The van der Waals surface area contributed by atoms with E-state index >= 15 is 0 Å². The predicted molar refractivity (Wildman–Crippen MR) is 136 cm³/mol. The quantitative estimate of drug-likeness (QED) is 0.253. The molecule has 0 saturated carbocycles. The van der Waals surface area contributed by atoms with Crippen LogP contribution in [0.4, 0.5) is 10.8 Å². The Morgan fingerprint density at radius 1 is 1.03 bits per heavy atom. The first-order valence-corrected chi connectivity index (χ1v) is 11.9. The van der Waals surface area contributed by atoms with Crippen LogP contribution in [0, 0.1) is 0 Å². The minimum Gasteiger partial charge on any atom is -0.497 e. The van der Waals surface area contributed by atoms with Crippen molar-refractivity contribution in [2.24, 2.45) is 0 Å². The second kappa shape index (κ2) is 10.8. The molecule has 0 unspecified atom stereocenters. The van der Waals surface area contributed by atoms with Gasteiger partial charge in [0, 0.05) is 16.7 Å². The van der Waals surface area contributed by atoms with Crippen LogP contribution < -0.4 is 15.4 Å². The lowest BCUT2D eigenvalue weighted by Crippen LogP contribution is -2.13. The van der Waals surface area contributed by atoms with Crippen LogP contribution in [-0.2, 0) is 9.59 Å². The van der Waals surface area contributed by atoms with Crippen LogP contribution in [-0.4, -0.2) is 29.7 Å². The maximum Gasteiger partial charge on any atom is 0.248 e. The number of hydrogen-bond donors (Lipinski definition) is 2. The molecule has 0 bridgehead atoms. The molecule has 2 amide bonds. The number of thioether (sulfide) groups is 1. The first-order chi connectivity index (χ1) is 16.1. The van der Waals surface area contributed by atoms with Crippen molar-refractivity contribution in [3.63, 3.8) is 0 Å². The molecule has 0 spiro atoms. The topological polar surface area (TPSA) is 80.3 Å². The summed E-state index contributed by atoms with van der Waals surface area (Å²) < 4.78 is 6.17. The average Bonchev–Trinajstić information content (AvgIpc) is 3.24. The molecule has 6 nitrogen and oxygen atoms in total. The maximum atomic E-state index is 12.3. The maximum absolute atomic E-state index is 12.3. The fourth-order valence-corrected chi connectivity index (χ4v) is 4.55. The summed E-state index contributed by atoms with van der Waals surface area (Å²) in [7, 11) is 1.62. The molecule has 166 valence electrons. The van der Waals surface area contributed by atoms with Crippen LogP contribution in [0.15, 0.2) is 83.8 Å². The molecular formula is C25H21N3O3S2. The number of nitrogens with zero attached hydrogens (tertiary/aromatic N) is 1. The Morgan fingerprint density at radius 2 is 1.82 bits per heavy atom. The van der Waals surface area contributed by atoms with Crippen molar-refractivity contribution in [1.29, 1.82) is 0 Å². The second-order valence-electron chi connectivity index (χ2n) is 6.95. The van der Waals surface area contributed by atoms with Gasteiger partial charge in [-0.15, -0.1) is 11.8 Å². The molecule has 4 rings (SSSR count). The summed E-state index contributed by atoms with van der Waals surface area (Å²) in [6.07, 6.45) is 3.26. The van der Waals surface area contributed by atoms with Crippen molar-refractivity contribution in [2.45, 2.75) is 4.90 Å². The van der Waals surface area contributed by atoms with E-state index in [9.17, 15) is 9.59 Å². The number of hydrogen-bond acceptors (Lipinski definition) is 6. The molecule has 0 fully saturated rings.